The summed E-state index contributed by atoms with van der Waals surface area (Å²) in [6.07, 6.45) is 2.72. The van der Waals surface area contributed by atoms with Gasteiger partial charge in [0.2, 0.25) is 5.89 Å². The number of hydrogen-bond donors (Lipinski definition) is 2. The Balaban J connectivity index is 1.40. The Morgan fingerprint density at radius 3 is 2.53 bits per heavy atom. The van der Waals surface area contributed by atoms with Crippen LogP contribution in [0.1, 0.15) is 32.6 Å². The van der Waals surface area contributed by atoms with E-state index in [9.17, 15) is 9.59 Å². The number of hydrogen-bond acceptors (Lipinski definition) is 6. The summed E-state index contributed by atoms with van der Waals surface area (Å²) >= 11 is 6.02. The van der Waals surface area contributed by atoms with Crippen molar-refractivity contribution in [2.75, 3.05) is 25.6 Å². The molecule has 0 aliphatic carbocycles. The van der Waals surface area contributed by atoms with Gasteiger partial charge in [-0.3, -0.25) is 4.79 Å². The fraction of sp³-hybridized carbons (Fsp3) is 0.276. The first-order chi connectivity index (χ1) is 18.5. The molecule has 0 unspecified atom stereocenters. The van der Waals surface area contributed by atoms with E-state index in [2.05, 4.69) is 15.6 Å². The third-order valence-corrected chi connectivity index (χ3v) is 6.15. The molecular formula is C29H30ClN3O5. The van der Waals surface area contributed by atoms with Crippen LogP contribution in [0.2, 0.25) is 5.02 Å². The van der Waals surface area contributed by atoms with Gasteiger partial charge in [-0.15, -0.1) is 0 Å². The lowest BCUT2D eigenvalue weighted by Crippen LogP contribution is -2.29. The predicted octanol–water partition coefficient (Wildman–Crippen LogP) is 7.07. The lowest BCUT2D eigenvalue weighted by molar-refractivity contribution is -0.143. The minimum atomic E-state index is -0.323. The van der Waals surface area contributed by atoms with Crippen molar-refractivity contribution in [1.82, 2.24) is 10.3 Å². The Hall–Kier alpha value is -4.04. The number of halogens is 1. The molecule has 1 heterocycles. The molecule has 0 radical (unpaired) electrons. The van der Waals surface area contributed by atoms with Crippen LogP contribution >= 0.6 is 11.6 Å². The molecular weight excluding hydrogens is 506 g/mol. The minimum absolute atomic E-state index is 0.186. The molecule has 0 fully saturated rings. The van der Waals surface area contributed by atoms with Crippen LogP contribution in [0.3, 0.4) is 0 Å². The summed E-state index contributed by atoms with van der Waals surface area (Å²) in [5.74, 6) is 0.771. The first-order valence-corrected chi connectivity index (χ1v) is 12.9. The van der Waals surface area contributed by atoms with Crippen molar-refractivity contribution < 1.29 is 23.5 Å². The standard InChI is InChI=1S/C29H30ClN3O5/c1-3-37-27(34)7-5-4-6-16-31-29(35)32-22-13-15-25(36-2)23(18-22)28-33-24-17-20(10-14-26(24)38-28)19-8-11-21(30)12-9-19/h8-15,17-18H,3-7,16H2,1-2H3,(H2,31,32,35). The van der Waals surface area contributed by atoms with E-state index in [0.29, 0.717) is 58.6 Å². The minimum Gasteiger partial charge on any atom is -0.496 e. The van der Waals surface area contributed by atoms with Gasteiger partial charge < -0.3 is 24.5 Å². The molecule has 4 aromatic rings. The zero-order chi connectivity index (χ0) is 26.9. The quantitative estimate of drug-likeness (QED) is 0.157. The maximum Gasteiger partial charge on any atom is 0.319 e. The number of fused-ring (bicyclic) bond motifs is 1. The maximum atomic E-state index is 12.4. The summed E-state index contributed by atoms with van der Waals surface area (Å²) in [7, 11) is 1.57. The first kappa shape index (κ1) is 27.0. The predicted molar refractivity (Wildman–Crippen MR) is 149 cm³/mol. The number of carbonyl (C=O) groups excluding carboxylic acids is 2. The van der Waals surface area contributed by atoms with E-state index in [1.165, 1.54) is 0 Å². The van der Waals surface area contributed by atoms with E-state index in [1.54, 1.807) is 32.2 Å². The third-order valence-electron chi connectivity index (χ3n) is 5.90. The molecule has 2 amide bonds. The molecule has 38 heavy (non-hydrogen) atoms. The van der Waals surface area contributed by atoms with Crippen LogP contribution in [0.15, 0.2) is 65.1 Å². The zero-order valence-electron chi connectivity index (χ0n) is 21.4. The molecule has 9 heteroatoms. The highest BCUT2D eigenvalue weighted by Crippen LogP contribution is 2.35. The molecule has 8 nitrogen and oxygen atoms in total. The van der Waals surface area contributed by atoms with Crippen molar-refractivity contribution >= 4 is 40.4 Å². The number of urea groups is 1. The smallest absolute Gasteiger partial charge is 0.319 e. The summed E-state index contributed by atoms with van der Waals surface area (Å²) in [5.41, 5.74) is 4.55. The van der Waals surface area contributed by atoms with Crippen molar-refractivity contribution in [2.45, 2.75) is 32.6 Å². The largest absolute Gasteiger partial charge is 0.496 e. The highest BCUT2D eigenvalue weighted by Gasteiger charge is 2.16. The average molecular weight is 536 g/mol. The van der Waals surface area contributed by atoms with Gasteiger partial charge >= 0.3 is 12.0 Å². The Morgan fingerprint density at radius 2 is 1.76 bits per heavy atom. The number of ether oxygens (including phenoxy) is 2. The topological polar surface area (TPSA) is 103 Å². The molecule has 1 aromatic heterocycles. The van der Waals surface area contributed by atoms with Gasteiger partial charge in [0.25, 0.3) is 0 Å². The Bertz CT molecular complexity index is 1400. The number of nitrogens with zero attached hydrogens (tertiary/aromatic N) is 1. The van der Waals surface area contributed by atoms with Crippen LogP contribution in [0, 0.1) is 0 Å². The Labute approximate surface area is 226 Å². The van der Waals surface area contributed by atoms with Gasteiger partial charge in [0.1, 0.15) is 11.3 Å². The van der Waals surface area contributed by atoms with Crippen molar-refractivity contribution in [1.29, 1.82) is 0 Å². The zero-order valence-corrected chi connectivity index (χ0v) is 22.1. The molecule has 0 bridgehead atoms. The second kappa shape index (κ2) is 13.0. The van der Waals surface area contributed by atoms with E-state index >= 15 is 0 Å². The number of anilines is 1. The molecule has 2 N–H and O–H groups in total. The number of aromatic nitrogens is 1. The highest BCUT2D eigenvalue weighted by atomic mass is 35.5. The Kier molecular flexibility index (Phi) is 9.21. The van der Waals surface area contributed by atoms with Crippen molar-refractivity contribution in [2.24, 2.45) is 0 Å². The number of nitrogens with one attached hydrogen (secondary N) is 2. The van der Waals surface area contributed by atoms with Crippen LogP contribution < -0.4 is 15.4 Å². The van der Waals surface area contributed by atoms with Crippen molar-refractivity contribution in [3.8, 4) is 28.3 Å². The summed E-state index contributed by atoms with van der Waals surface area (Å²) < 4.78 is 16.5. The Morgan fingerprint density at radius 1 is 0.974 bits per heavy atom. The molecule has 0 saturated heterocycles. The SMILES string of the molecule is CCOC(=O)CCCCCNC(=O)Nc1ccc(OC)c(-c2nc3cc(-c4ccc(Cl)cc4)ccc3o2)c1. The van der Waals surface area contributed by atoms with Gasteiger partial charge in [-0.1, -0.05) is 36.2 Å². The second-order valence-electron chi connectivity index (χ2n) is 8.62. The van der Waals surface area contributed by atoms with E-state index in [-0.39, 0.29) is 12.0 Å². The fourth-order valence-corrected chi connectivity index (χ4v) is 4.12. The van der Waals surface area contributed by atoms with E-state index in [0.717, 1.165) is 30.4 Å². The van der Waals surface area contributed by atoms with Crippen LogP contribution in [0.5, 0.6) is 5.75 Å². The summed E-state index contributed by atoms with van der Waals surface area (Å²) in [6, 6.07) is 18.4. The summed E-state index contributed by atoms with van der Waals surface area (Å²) in [5, 5.41) is 6.35. The highest BCUT2D eigenvalue weighted by molar-refractivity contribution is 6.30. The molecule has 0 atom stereocenters. The maximum absolute atomic E-state index is 12.4. The van der Waals surface area contributed by atoms with Crippen LogP contribution in [-0.2, 0) is 9.53 Å². The molecule has 0 spiro atoms. The molecule has 0 aliphatic rings. The van der Waals surface area contributed by atoms with Crippen LogP contribution in [0.4, 0.5) is 10.5 Å². The monoisotopic (exact) mass is 535 g/mol. The first-order valence-electron chi connectivity index (χ1n) is 12.5. The number of methoxy groups -OCH3 is 1. The summed E-state index contributed by atoms with van der Waals surface area (Å²) in [6.45, 7) is 2.68. The molecule has 0 saturated carbocycles. The van der Waals surface area contributed by atoms with Gasteiger partial charge in [0.15, 0.2) is 5.58 Å². The third kappa shape index (κ3) is 7.04. The number of amides is 2. The van der Waals surface area contributed by atoms with Crippen molar-refractivity contribution in [3.05, 3.63) is 65.7 Å². The second-order valence-corrected chi connectivity index (χ2v) is 9.06. The van der Waals surface area contributed by atoms with Gasteiger partial charge in [-0.05, 0) is 73.4 Å². The summed E-state index contributed by atoms with van der Waals surface area (Å²) in [4.78, 5) is 28.5. The lowest BCUT2D eigenvalue weighted by atomic mass is 10.1. The van der Waals surface area contributed by atoms with E-state index in [1.807, 2.05) is 42.5 Å². The normalized spacial score (nSPS) is 10.8. The average Bonchev–Trinajstić information content (AvgIpc) is 3.34. The number of esters is 1. The number of benzene rings is 3. The van der Waals surface area contributed by atoms with Crippen molar-refractivity contribution in [3.63, 3.8) is 0 Å². The van der Waals surface area contributed by atoms with Gasteiger partial charge in [-0.25, -0.2) is 9.78 Å². The van der Waals surface area contributed by atoms with Gasteiger partial charge in [0.05, 0.1) is 19.3 Å². The fourth-order valence-electron chi connectivity index (χ4n) is 4.00. The molecule has 0 aliphatic heterocycles. The number of carbonyl (C=O) groups is 2. The van der Waals surface area contributed by atoms with Crippen LogP contribution in [0.25, 0.3) is 33.7 Å². The van der Waals surface area contributed by atoms with Gasteiger partial charge in [-0.2, -0.15) is 0 Å². The lowest BCUT2D eigenvalue weighted by Gasteiger charge is -2.11. The van der Waals surface area contributed by atoms with E-state index < -0.39 is 0 Å². The number of oxazole rings is 1. The van der Waals surface area contributed by atoms with Crippen LogP contribution in [-0.4, -0.2) is 37.2 Å². The number of rotatable bonds is 11. The molecule has 3 aromatic carbocycles. The molecule has 198 valence electrons. The number of unbranched alkanes of at least 4 members (excludes halogenated alkanes) is 2. The van der Waals surface area contributed by atoms with Gasteiger partial charge in [0, 0.05) is 23.7 Å². The van der Waals surface area contributed by atoms with E-state index in [4.69, 9.17) is 25.5 Å². The molecule has 4 rings (SSSR count).